The Hall–Kier alpha value is -5.64. The lowest BCUT2D eigenvalue weighted by atomic mass is 9.44. The normalized spacial score (nSPS) is 41.4. The van der Waals surface area contributed by atoms with Crippen LogP contribution in [0.1, 0.15) is 344 Å². The standard InChI is InChI=1S/3C28H37ClFN3O2.C22H35BrO2.C6H3ClFN3.4CH4/c1-26(35)12-13-27(2)16(14-26)4-5-17-18-6-7-20(28(18,3)11-10-19(17)27)23(34)15-33-22-9-8-21(29)24(30)25(22)31-32-33;1-26(35)12-13-27(2)16(14-26)4-5-17-18-6-7-20(28(18,3)11-10-19(17)27)23(34)15-33-25-22(31-32-33)9-8-21(29)24(25)30;1-26(35)12-13-27(2)16(14-26)4-5-17-18-6-7-20(28(18,3)11-10-19(17)27)23(34)15-33-31-22-9-8-21(29)24(30)25(22)32-33;1-20(25)10-11-21(2)14(12-20)4-5-15-16-6-7-18(19(24)13-23)22(16,3)9-8-17(15)21;7-3-1-2-4-6(5(3)8)10-11-9-4;;;;/h3*8-9,16-20,35H,4-7,10-15H2,1-3H3;14-18,25H,4-13H2,1-3H3;1-2H,(H,9,10,11);4*1H4/t3*16-,17+,18+,19+,20-,26-,27+,28+;14-,15+,16+,17+,18-,20-,21+,22+;;;;;/m1111...../s1. The summed E-state index contributed by atoms with van der Waals surface area (Å²) >= 11 is 26.7. The molecule has 5 N–H and O–H groups in total. The van der Waals surface area contributed by atoms with Crippen molar-refractivity contribution in [3.8, 4) is 0 Å². The number of hydrogen-bond acceptors (Lipinski definition) is 16. The molecule has 0 spiro atoms. The summed E-state index contributed by atoms with van der Waals surface area (Å²) in [5, 5.41) is 77.8. The second-order valence-corrected chi connectivity index (χ2v) is 53.8. The molecule has 16 aliphatic rings. The van der Waals surface area contributed by atoms with Crippen LogP contribution < -0.4 is 0 Å². The van der Waals surface area contributed by atoms with E-state index in [1.807, 2.05) is 27.7 Å². The Bertz CT molecular complexity index is 6110. The molecule has 0 saturated heterocycles. The fourth-order valence-electron chi connectivity index (χ4n) is 36.8. The van der Waals surface area contributed by atoms with Gasteiger partial charge in [0.05, 0.1) is 53.3 Å². The predicted octanol–water partition coefficient (Wildman–Crippen LogP) is 28.3. The first-order valence-electron chi connectivity index (χ1n) is 53.8. The number of nitrogens with zero attached hydrogens (tertiary/aromatic N) is 11. The first-order chi connectivity index (χ1) is 66.6. The van der Waals surface area contributed by atoms with Gasteiger partial charge in [-0.1, -0.05) is 158 Å². The highest BCUT2D eigenvalue weighted by atomic mass is 79.9. The number of alkyl halides is 1. The summed E-state index contributed by atoms with van der Waals surface area (Å²) in [5.41, 5.74) is 2.15. The molecule has 0 radical (unpaired) electrons. The Balaban J connectivity index is 0.000000133. The molecule has 32 atom stereocenters. The third-order valence-corrected chi connectivity index (χ3v) is 46.1. The van der Waals surface area contributed by atoms with Crippen molar-refractivity contribution in [1.82, 2.24) is 60.4 Å². The number of rotatable bonds is 11. The van der Waals surface area contributed by atoms with E-state index in [0.29, 0.717) is 132 Å². The number of halogens is 9. The summed E-state index contributed by atoms with van der Waals surface area (Å²) in [4.78, 5) is 54.8. The molecule has 20 nitrogen and oxygen atoms in total. The lowest BCUT2D eigenvalue weighted by Gasteiger charge is -2.61. The van der Waals surface area contributed by atoms with Crippen molar-refractivity contribution in [3.63, 3.8) is 0 Å². The molecule has 4 heterocycles. The summed E-state index contributed by atoms with van der Waals surface area (Å²) < 4.78 is 59.3. The van der Waals surface area contributed by atoms with Gasteiger partial charge in [0, 0.05) is 23.7 Å². The van der Waals surface area contributed by atoms with E-state index in [0.717, 1.165) is 153 Å². The first kappa shape index (κ1) is 112. The Morgan fingerprint density at radius 2 is 0.655 bits per heavy atom. The number of aliphatic hydroxyl groups is 4. The molecular formula is C116H165BrCl4F4N12O8. The van der Waals surface area contributed by atoms with Crippen molar-refractivity contribution < 1.29 is 57.2 Å². The number of H-pyrrole nitrogens is 1. The van der Waals surface area contributed by atoms with Gasteiger partial charge >= 0.3 is 0 Å². The highest BCUT2D eigenvalue weighted by Crippen LogP contribution is 2.74. The summed E-state index contributed by atoms with van der Waals surface area (Å²) in [6.07, 6.45) is 39.8. The van der Waals surface area contributed by atoms with E-state index in [2.05, 4.69) is 118 Å². The lowest BCUT2D eigenvalue weighted by Crippen LogP contribution is -2.55. The Labute approximate surface area is 885 Å². The van der Waals surface area contributed by atoms with Gasteiger partial charge in [-0.25, -0.2) is 26.9 Å². The maximum absolute atomic E-state index is 14.7. The maximum atomic E-state index is 14.7. The van der Waals surface area contributed by atoms with Crippen molar-refractivity contribution in [3.05, 3.63) is 91.9 Å². The van der Waals surface area contributed by atoms with Crippen LogP contribution in [0.15, 0.2) is 48.5 Å². The number of Topliss-reactive ketones (excluding diaryl/α,β-unsaturated/α-hetero) is 4. The molecule has 0 bridgehead atoms. The predicted molar refractivity (Wildman–Crippen MR) is 570 cm³/mol. The molecule has 8 aromatic rings. The van der Waals surface area contributed by atoms with Crippen LogP contribution >= 0.6 is 62.3 Å². The van der Waals surface area contributed by atoms with Crippen molar-refractivity contribution in [2.45, 2.75) is 386 Å². The zero-order valence-electron chi connectivity index (χ0n) is 84.7. The number of fused-ring (bicyclic) bond motifs is 24. The third kappa shape index (κ3) is 19.4. The molecule has 4 aromatic heterocycles. The molecule has 16 fully saturated rings. The van der Waals surface area contributed by atoms with Crippen LogP contribution in [0.25, 0.3) is 44.1 Å². The van der Waals surface area contributed by atoms with Gasteiger partial charge in [0.25, 0.3) is 0 Å². The molecule has 800 valence electrons. The number of nitrogens with one attached hydrogen (secondary N) is 1. The Morgan fingerprint density at radius 1 is 0.338 bits per heavy atom. The van der Waals surface area contributed by atoms with E-state index in [4.69, 9.17) is 46.4 Å². The molecule has 16 aliphatic carbocycles. The summed E-state index contributed by atoms with van der Waals surface area (Å²) in [7, 11) is 0. The number of hydrogen-bond donors (Lipinski definition) is 5. The second-order valence-electron chi connectivity index (χ2n) is 51.6. The largest absolute Gasteiger partial charge is 0.390 e. The van der Waals surface area contributed by atoms with Gasteiger partial charge in [0.15, 0.2) is 40.6 Å². The van der Waals surface area contributed by atoms with Crippen LogP contribution in [0, 0.1) is 185 Å². The van der Waals surface area contributed by atoms with Gasteiger partial charge in [0.1, 0.15) is 64.0 Å². The maximum Gasteiger partial charge on any atom is 0.171 e. The first-order valence-corrected chi connectivity index (χ1v) is 56.5. The van der Waals surface area contributed by atoms with E-state index in [1.165, 1.54) is 130 Å². The molecule has 0 amide bonds. The molecule has 4 aromatic carbocycles. The van der Waals surface area contributed by atoms with Gasteiger partial charge < -0.3 is 20.4 Å². The lowest BCUT2D eigenvalue weighted by molar-refractivity contribution is -0.151. The average Bonchev–Trinajstić information content (AvgIpc) is 1.49. The van der Waals surface area contributed by atoms with Gasteiger partial charge in [0.2, 0.25) is 0 Å². The summed E-state index contributed by atoms with van der Waals surface area (Å²) in [6.45, 7) is 27.9. The zero-order chi connectivity index (χ0) is 100. The fourth-order valence-corrected chi connectivity index (χ4v) is 37.8. The van der Waals surface area contributed by atoms with E-state index >= 15 is 0 Å². The van der Waals surface area contributed by atoms with Gasteiger partial charge in [-0.05, 0) is 445 Å². The second kappa shape index (κ2) is 41.0. The van der Waals surface area contributed by atoms with Crippen LogP contribution in [-0.4, -0.2) is 132 Å². The van der Waals surface area contributed by atoms with E-state index in [-0.39, 0.29) is 154 Å². The van der Waals surface area contributed by atoms with Crippen molar-refractivity contribution in [2.75, 3.05) is 5.33 Å². The third-order valence-electron chi connectivity index (χ3n) is 44.4. The quantitative estimate of drug-likeness (QED) is 0.0594. The number of benzene rings is 4. The van der Waals surface area contributed by atoms with Crippen LogP contribution in [0.5, 0.6) is 0 Å². The van der Waals surface area contributed by atoms with E-state index in [9.17, 15) is 57.2 Å². The topological polar surface area (TPSA) is 283 Å². The number of aromatic nitrogens is 12. The summed E-state index contributed by atoms with van der Waals surface area (Å²) in [6, 6.07) is 12.5. The highest BCUT2D eigenvalue weighted by Gasteiger charge is 2.68. The minimum atomic E-state index is -0.581. The molecular weight excluding hydrogens is 1990 g/mol. The van der Waals surface area contributed by atoms with Gasteiger partial charge in [-0.15, -0.1) is 15.3 Å². The smallest absolute Gasteiger partial charge is 0.171 e. The molecule has 0 aliphatic heterocycles. The average molecular weight is 2150 g/mol. The van der Waals surface area contributed by atoms with Crippen LogP contribution in [0.4, 0.5) is 17.6 Å². The van der Waals surface area contributed by atoms with Crippen molar-refractivity contribution >= 4 is 130 Å². The number of ketones is 4. The molecule has 145 heavy (non-hydrogen) atoms. The number of carbonyl (C=O) groups is 4. The Morgan fingerprint density at radius 3 is 1.04 bits per heavy atom. The minimum Gasteiger partial charge on any atom is -0.390 e. The zero-order valence-corrected chi connectivity index (χ0v) is 89.3. The van der Waals surface area contributed by atoms with Crippen molar-refractivity contribution in [2.24, 2.45) is 162 Å². The van der Waals surface area contributed by atoms with E-state index < -0.39 is 45.7 Å². The molecule has 24 rings (SSSR count). The van der Waals surface area contributed by atoms with Gasteiger partial charge in [-0.2, -0.15) is 25.3 Å². The number of aromatic amines is 1. The van der Waals surface area contributed by atoms with Crippen LogP contribution in [-0.2, 0) is 38.8 Å². The Kier molecular flexibility index (Phi) is 31.7. The molecule has 16 saturated carbocycles. The van der Waals surface area contributed by atoms with E-state index in [1.54, 1.807) is 28.9 Å². The molecule has 0 unspecified atom stereocenters. The monoisotopic (exact) mass is 2150 g/mol. The summed E-state index contributed by atoms with van der Waals surface area (Å²) in [5.74, 6) is 9.77. The SMILES string of the molecule is C.C.C.C.C[C@@]1(O)CC[C@@]2(C)[C@H](CC[C@@H]3[C@@H]2CC[C@]2(C)[C@@H](C(=O)CBr)CC[C@@H]32)C1.C[C@@]1(O)CC[C@@]2(C)[C@H](CC[C@@H]3[C@@H]2CC[C@]2(C)[C@@H](C(=O)Cn4nc5ccc(Cl)c(F)c5n4)CC[C@@H]32)C1.C[C@@]1(O)CC[C@@]2(C)[C@H](CC[C@@H]3[C@@H]2CC[C@]2(C)[C@@H](C(=O)Cn4nnc5c(F)c(Cl)ccc54)CC[C@@H]32)C1.C[C@@]1(O)CC[C@@]2(C)[C@H](CC[C@@H]3[C@@H]2CC[C@]2(C)[C@@H](C(=O)Cn4nnc5ccc(Cl)c(F)c54)CC[C@@H]32)C1.Fc1c(Cl)ccc2n[nH]nc12. The minimum absolute atomic E-state index is 0. The van der Waals surface area contributed by atoms with Crippen molar-refractivity contribution in [1.29, 1.82) is 0 Å². The van der Waals surface area contributed by atoms with Gasteiger partial charge in [-0.3, -0.25) is 19.2 Å². The number of carbonyl (C=O) groups excluding carboxylic acids is 4. The fraction of sp³-hybridized carbons (Fsp3) is 0.759. The highest BCUT2D eigenvalue weighted by molar-refractivity contribution is 9.09. The van der Waals surface area contributed by atoms with Crippen LogP contribution in [0.3, 0.4) is 0 Å². The van der Waals surface area contributed by atoms with Crippen LogP contribution in [0.2, 0.25) is 20.1 Å². The molecule has 29 heteroatoms.